The summed E-state index contributed by atoms with van der Waals surface area (Å²) in [6, 6.07) is 4.06. The van der Waals surface area contributed by atoms with E-state index in [1.165, 1.54) is 0 Å². The normalized spacial score (nSPS) is 22.5. The van der Waals surface area contributed by atoms with Crippen molar-refractivity contribution in [2.45, 2.75) is 44.4 Å². The summed E-state index contributed by atoms with van der Waals surface area (Å²) >= 11 is 12.3. The number of nitrogens with one attached hydrogen (secondary N) is 1. The molecule has 1 fully saturated rings. The number of nitrogens with zero attached hydrogens (tertiary/aromatic N) is 3. The van der Waals surface area contributed by atoms with Gasteiger partial charge in [-0.15, -0.1) is 0 Å². The molecular formula is C20H21Cl2F3N4O. The molecule has 1 aromatic heterocycles. The van der Waals surface area contributed by atoms with E-state index in [4.69, 9.17) is 23.2 Å². The third-order valence-electron chi connectivity index (χ3n) is 5.84. The van der Waals surface area contributed by atoms with Crippen molar-refractivity contribution in [1.29, 1.82) is 0 Å². The van der Waals surface area contributed by atoms with Gasteiger partial charge in [-0.2, -0.15) is 18.3 Å². The largest absolute Gasteiger partial charge is 0.410 e. The highest BCUT2D eigenvalue weighted by molar-refractivity contribution is 6.36. The number of hydrogen-bond acceptors (Lipinski definition) is 3. The van der Waals surface area contributed by atoms with Crippen LogP contribution in [0, 0.1) is 5.92 Å². The van der Waals surface area contributed by atoms with Crippen LogP contribution in [0.1, 0.15) is 54.3 Å². The number of piperidine rings is 1. The van der Waals surface area contributed by atoms with Gasteiger partial charge in [-0.05, 0) is 36.5 Å². The number of carbonyl (C=O) groups excluding carboxylic acids is 1. The summed E-state index contributed by atoms with van der Waals surface area (Å²) in [5, 5.41) is 7.48. The zero-order valence-corrected chi connectivity index (χ0v) is 17.7. The number of alkyl halides is 3. The molecule has 1 saturated heterocycles. The Hall–Kier alpha value is -1.93. The lowest BCUT2D eigenvalue weighted by atomic mass is 9.97. The topological polar surface area (TPSA) is 50.2 Å². The first-order valence-electron chi connectivity index (χ1n) is 9.81. The van der Waals surface area contributed by atoms with Gasteiger partial charge in [-0.25, -0.2) is 4.68 Å². The molecule has 0 radical (unpaired) electrons. The summed E-state index contributed by atoms with van der Waals surface area (Å²) in [4.78, 5) is 14.5. The molecule has 1 aromatic carbocycles. The van der Waals surface area contributed by atoms with Gasteiger partial charge in [0.1, 0.15) is 10.8 Å². The Balaban J connectivity index is 1.69. The molecule has 2 atom stereocenters. The van der Waals surface area contributed by atoms with Crippen molar-refractivity contribution < 1.29 is 18.0 Å². The second-order valence-corrected chi connectivity index (χ2v) is 8.79. The zero-order chi connectivity index (χ0) is 21.6. The maximum atomic E-state index is 13.9. The SMILES string of the molecule is CC1CCN(C(=O)c2nn3c(c2Cl)N[C@H](c2ccc(Cl)cc2)C[C@H]3C(F)(F)F)CC1. The van der Waals surface area contributed by atoms with Gasteiger partial charge in [0.15, 0.2) is 11.7 Å². The summed E-state index contributed by atoms with van der Waals surface area (Å²) < 4.78 is 42.4. The summed E-state index contributed by atoms with van der Waals surface area (Å²) in [6.45, 7) is 3.20. The molecule has 0 unspecified atom stereocenters. The lowest BCUT2D eigenvalue weighted by molar-refractivity contribution is -0.173. The van der Waals surface area contributed by atoms with Crippen molar-refractivity contribution in [3.05, 3.63) is 45.6 Å². The summed E-state index contributed by atoms with van der Waals surface area (Å²) in [5.74, 6) is 0.0922. The predicted molar refractivity (Wildman–Crippen MR) is 109 cm³/mol. The Morgan fingerprint density at radius 3 is 2.40 bits per heavy atom. The first-order valence-corrected chi connectivity index (χ1v) is 10.6. The van der Waals surface area contributed by atoms with Crippen LogP contribution in [-0.2, 0) is 0 Å². The molecule has 5 nitrogen and oxygen atoms in total. The molecular weight excluding hydrogens is 440 g/mol. The van der Waals surface area contributed by atoms with E-state index in [2.05, 4.69) is 17.3 Å². The van der Waals surface area contributed by atoms with Crippen molar-refractivity contribution >= 4 is 34.9 Å². The number of aromatic nitrogens is 2. The molecule has 1 N–H and O–H groups in total. The van der Waals surface area contributed by atoms with E-state index in [1.54, 1.807) is 29.2 Å². The Kier molecular flexibility index (Phi) is 5.66. The quantitative estimate of drug-likeness (QED) is 0.622. The van der Waals surface area contributed by atoms with Crippen LogP contribution >= 0.6 is 23.2 Å². The monoisotopic (exact) mass is 460 g/mol. The van der Waals surface area contributed by atoms with Crippen LogP contribution in [0.15, 0.2) is 24.3 Å². The third-order valence-corrected chi connectivity index (χ3v) is 6.45. The van der Waals surface area contributed by atoms with E-state index in [9.17, 15) is 18.0 Å². The number of halogens is 5. The van der Waals surface area contributed by atoms with Gasteiger partial charge in [0.25, 0.3) is 5.91 Å². The minimum atomic E-state index is -4.54. The highest BCUT2D eigenvalue weighted by Crippen LogP contribution is 2.46. The number of anilines is 1. The van der Waals surface area contributed by atoms with Crippen molar-refractivity contribution in [3.63, 3.8) is 0 Å². The van der Waals surface area contributed by atoms with Crippen LogP contribution in [0.5, 0.6) is 0 Å². The van der Waals surface area contributed by atoms with Gasteiger partial charge in [-0.1, -0.05) is 42.3 Å². The molecule has 1 amide bonds. The minimum Gasteiger partial charge on any atom is -0.362 e. The van der Waals surface area contributed by atoms with E-state index < -0.39 is 24.2 Å². The van der Waals surface area contributed by atoms with Crippen LogP contribution in [0.25, 0.3) is 0 Å². The van der Waals surface area contributed by atoms with Crippen molar-refractivity contribution in [3.8, 4) is 0 Å². The molecule has 0 spiro atoms. The van der Waals surface area contributed by atoms with E-state index in [0.717, 1.165) is 17.5 Å². The fourth-order valence-corrected chi connectivity index (χ4v) is 4.39. The van der Waals surface area contributed by atoms with Crippen LogP contribution in [0.4, 0.5) is 19.0 Å². The molecule has 10 heteroatoms. The predicted octanol–water partition coefficient (Wildman–Crippen LogP) is 5.72. The Labute approximate surface area is 182 Å². The fourth-order valence-electron chi connectivity index (χ4n) is 4.00. The molecule has 4 rings (SSSR count). The Morgan fingerprint density at radius 2 is 1.80 bits per heavy atom. The van der Waals surface area contributed by atoms with Gasteiger partial charge < -0.3 is 10.2 Å². The molecule has 2 aliphatic rings. The molecule has 2 aromatic rings. The Morgan fingerprint density at radius 1 is 1.17 bits per heavy atom. The van der Waals surface area contributed by atoms with Gasteiger partial charge in [0, 0.05) is 24.5 Å². The molecule has 30 heavy (non-hydrogen) atoms. The molecule has 162 valence electrons. The van der Waals surface area contributed by atoms with Crippen molar-refractivity contribution in [2.75, 3.05) is 18.4 Å². The summed E-state index contributed by atoms with van der Waals surface area (Å²) in [7, 11) is 0. The summed E-state index contributed by atoms with van der Waals surface area (Å²) in [6.07, 6.45) is -3.12. The summed E-state index contributed by atoms with van der Waals surface area (Å²) in [5.41, 5.74) is 0.509. The molecule has 0 aliphatic carbocycles. The maximum absolute atomic E-state index is 13.9. The standard InChI is InChI=1S/C20H21Cl2F3N4O/c1-11-6-8-28(9-7-11)19(30)17-16(22)18-26-14(12-2-4-13(21)5-3-12)10-15(20(23,24)25)29(18)27-17/h2-5,11,14-15,26H,6-10H2,1H3/t14-,15-/m0/s1. The Bertz CT molecular complexity index is 937. The van der Waals surface area contributed by atoms with Gasteiger partial charge in [0.2, 0.25) is 0 Å². The van der Waals surface area contributed by atoms with Crippen LogP contribution in [0.3, 0.4) is 0 Å². The lowest BCUT2D eigenvalue weighted by Gasteiger charge is -2.33. The molecule has 3 heterocycles. The third kappa shape index (κ3) is 3.99. The highest BCUT2D eigenvalue weighted by Gasteiger charge is 2.48. The number of hydrogen-bond donors (Lipinski definition) is 1. The van der Waals surface area contributed by atoms with Crippen LogP contribution in [-0.4, -0.2) is 39.9 Å². The number of rotatable bonds is 2. The molecule has 2 aliphatic heterocycles. The van der Waals surface area contributed by atoms with Gasteiger partial charge in [-0.3, -0.25) is 4.79 Å². The van der Waals surface area contributed by atoms with E-state index >= 15 is 0 Å². The molecule has 0 saturated carbocycles. The zero-order valence-electron chi connectivity index (χ0n) is 16.2. The lowest BCUT2D eigenvalue weighted by Crippen LogP contribution is -2.38. The number of fused-ring (bicyclic) bond motifs is 1. The smallest absolute Gasteiger partial charge is 0.362 e. The van der Waals surface area contributed by atoms with Crippen molar-refractivity contribution in [2.24, 2.45) is 5.92 Å². The van der Waals surface area contributed by atoms with E-state index in [0.29, 0.717) is 29.6 Å². The van der Waals surface area contributed by atoms with Gasteiger partial charge >= 0.3 is 6.18 Å². The average Bonchev–Trinajstić information content (AvgIpc) is 3.04. The van der Waals surface area contributed by atoms with Crippen molar-refractivity contribution in [1.82, 2.24) is 14.7 Å². The highest BCUT2D eigenvalue weighted by atomic mass is 35.5. The number of likely N-dealkylation sites (tertiary alicyclic amines) is 1. The first kappa shape index (κ1) is 21.3. The number of amides is 1. The van der Waals surface area contributed by atoms with E-state index in [-0.39, 0.29) is 23.0 Å². The average molecular weight is 461 g/mol. The minimum absolute atomic E-state index is 0.0129. The van der Waals surface area contributed by atoms with Gasteiger partial charge in [0.05, 0.1) is 6.04 Å². The number of benzene rings is 1. The second kappa shape index (κ2) is 7.96. The maximum Gasteiger partial charge on any atom is 0.410 e. The number of carbonyl (C=O) groups is 1. The van der Waals surface area contributed by atoms with Crippen LogP contribution < -0.4 is 5.32 Å². The molecule has 0 bridgehead atoms. The first-order chi connectivity index (χ1) is 14.1. The van der Waals surface area contributed by atoms with Crippen LogP contribution in [0.2, 0.25) is 10.0 Å². The van der Waals surface area contributed by atoms with E-state index in [1.807, 2.05) is 0 Å². The second-order valence-electron chi connectivity index (χ2n) is 7.97. The fraction of sp³-hybridized carbons (Fsp3) is 0.500.